The van der Waals surface area contributed by atoms with Crippen LogP contribution in [0.5, 0.6) is 0 Å². The van der Waals surface area contributed by atoms with E-state index in [-0.39, 0.29) is 0 Å². The average molecular weight is 335 g/mol. The van der Waals surface area contributed by atoms with Gasteiger partial charge in [-0.3, -0.25) is 9.67 Å². The topological polar surface area (TPSA) is 63.5 Å². The van der Waals surface area contributed by atoms with Gasteiger partial charge in [0.1, 0.15) is 0 Å². The molecule has 6 nitrogen and oxygen atoms in total. The van der Waals surface area contributed by atoms with Gasteiger partial charge in [-0.05, 0) is 50.0 Å². The fourth-order valence-corrected chi connectivity index (χ4v) is 3.17. The third kappa shape index (κ3) is 5.82. The van der Waals surface area contributed by atoms with Crippen LogP contribution in [0.4, 0.5) is 0 Å². The van der Waals surface area contributed by atoms with Crippen molar-refractivity contribution in [1.82, 2.24) is 20.4 Å². The number of rotatable bonds is 10. The van der Waals surface area contributed by atoms with E-state index < -0.39 is 0 Å². The molecular weight excluding hydrogens is 302 g/mol. The summed E-state index contributed by atoms with van der Waals surface area (Å²) in [6.45, 7) is 5.65. The van der Waals surface area contributed by atoms with Gasteiger partial charge >= 0.3 is 0 Å². The van der Waals surface area contributed by atoms with Gasteiger partial charge in [0, 0.05) is 46.6 Å². The van der Waals surface area contributed by atoms with Crippen LogP contribution in [-0.4, -0.2) is 49.1 Å². The van der Waals surface area contributed by atoms with Crippen LogP contribution < -0.4 is 10.6 Å². The van der Waals surface area contributed by atoms with Gasteiger partial charge in [-0.25, -0.2) is 0 Å². The van der Waals surface area contributed by atoms with Crippen LogP contribution in [0.15, 0.2) is 17.4 Å². The van der Waals surface area contributed by atoms with Crippen LogP contribution in [0.3, 0.4) is 0 Å². The zero-order valence-electron chi connectivity index (χ0n) is 15.5. The van der Waals surface area contributed by atoms with Crippen molar-refractivity contribution in [1.29, 1.82) is 0 Å². The summed E-state index contributed by atoms with van der Waals surface area (Å²) in [5, 5.41) is 11.0. The quantitative estimate of drug-likeness (QED) is 0.390. The van der Waals surface area contributed by atoms with E-state index in [2.05, 4.69) is 28.9 Å². The highest BCUT2D eigenvalue weighted by Gasteiger charge is 2.36. The monoisotopic (exact) mass is 335 g/mol. The van der Waals surface area contributed by atoms with Crippen molar-refractivity contribution < 1.29 is 4.74 Å². The Labute approximate surface area is 146 Å². The molecule has 1 aliphatic carbocycles. The van der Waals surface area contributed by atoms with E-state index in [9.17, 15) is 0 Å². The Hall–Kier alpha value is -1.56. The summed E-state index contributed by atoms with van der Waals surface area (Å²) in [4.78, 5) is 4.83. The van der Waals surface area contributed by atoms with Gasteiger partial charge in [0.05, 0.1) is 6.20 Å². The van der Waals surface area contributed by atoms with Gasteiger partial charge in [0.15, 0.2) is 5.96 Å². The predicted octanol–water partition coefficient (Wildman–Crippen LogP) is 2.11. The molecule has 1 aliphatic rings. The molecule has 2 rings (SSSR count). The van der Waals surface area contributed by atoms with Crippen molar-refractivity contribution in [3.63, 3.8) is 0 Å². The van der Waals surface area contributed by atoms with Gasteiger partial charge in [0.25, 0.3) is 0 Å². The fourth-order valence-electron chi connectivity index (χ4n) is 3.17. The SMILES string of the molecule is CCNC(=NCC1(CCOC)CCC1)NCCCc1cnn(C)c1. The first kappa shape index (κ1) is 18.8. The molecule has 1 fully saturated rings. The summed E-state index contributed by atoms with van der Waals surface area (Å²) in [6, 6.07) is 0. The van der Waals surface area contributed by atoms with Crippen molar-refractivity contribution in [3.8, 4) is 0 Å². The van der Waals surface area contributed by atoms with Crippen molar-refractivity contribution in [2.75, 3.05) is 33.4 Å². The minimum Gasteiger partial charge on any atom is -0.385 e. The number of methoxy groups -OCH3 is 1. The molecule has 0 amide bonds. The number of aryl methyl sites for hydroxylation is 2. The second-order valence-corrected chi connectivity index (χ2v) is 6.84. The normalized spacial score (nSPS) is 16.7. The first-order valence-corrected chi connectivity index (χ1v) is 9.16. The maximum atomic E-state index is 5.26. The molecule has 0 unspecified atom stereocenters. The van der Waals surface area contributed by atoms with Gasteiger partial charge in [-0.15, -0.1) is 0 Å². The zero-order chi connectivity index (χ0) is 17.3. The van der Waals surface area contributed by atoms with Crippen LogP contribution in [0, 0.1) is 5.41 Å². The molecule has 2 N–H and O–H groups in total. The lowest BCUT2D eigenvalue weighted by Gasteiger charge is -2.40. The molecule has 0 atom stereocenters. The average Bonchev–Trinajstić information content (AvgIpc) is 2.95. The van der Waals surface area contributed by atoms with Crippen molar-refractivity contribution in [2.45, 2.75) is 45.4 Å². The minimum atomic E-state index is 0.369. The minimum absolute atomic E-state index is 0.369. The summed E-state index contributed by atoms with van der Waals surface area (Å²) in [5.74, 6) is 0.937. The first-order valence-electron chi connectivity index (χ1n) is 9.16. The number of guanidine groups is 1. The molecule has 136 valence electrons. The Bertz CT molecular complexity index is 507. The molecule has 1 aromatic rings. The van der Waals surface area contributed by atoms with E-state index >= 15 is 0 Å². The molecule has 0 aromatic carbocycles. The molecule has 1 aromatic heterocycles. The molecule has 0 spiro atoms. The van der Waals surface area contributed by atoms with Gasteiger partial charge in [-0.1, -0.05) is 6.42 Å². The summed E-state index contributed by atoms with van der Waals surface area (Å²) in [6.07, 6.45) is 11.1. The highest BCUT2D eigenvalue weighted by Crippen LogP contribution is 2.44. The smallest absolute Gasteiger partial charge is 0.191 e. The van der Waals surface area contributed by atoms with Crippen molar-refractivity contribution in [2.24, 2.45) is 17.5 Å². The number of aliphatic imine (C=N–C) groups is 1. The third-order valence-corrected chi connectivity index (χ3v) is 4.86. The molecule has 0 bridgehead atoms. The van der Waals surface area contributed by atoms with Gasteiger partial charge < -0.3 is 15.4 Å². The summed E-state index contributed by atoms with van der Waals surface area (Å²) in [7, 11) is 3.74. The maximum Gasteiger partial charge on any atom is 0.191 e. The number of aromatic nitrogens is 2. The molecular formula is C18H33N5O. The standard InChI is InChI=1S/C18H33N5O/c1-4-19-17(20-11-5-7-16-13-22-23(2)14-16)21-15-18(8-6-9-18)10-12-24-3/h13-14H,4-12,15H2,1-3H3,(H2,19,20,21). The highest BCUT2D eigenvalue weighted by atomic mass is 16.5. The van der Waals surface area contributed by atoms with Crippen LogP contribution in [0.2, 0.25) is 0 Å². The Morgan fingerprint density at radius 1 is 1.42 bits per heavy atom. The number of hydrogen-bond acceptors (Lipinski definition) is 3. The molecule has 6 heteroatoms. The number of ether oxygens (including phenoxy) is 1. The predicted molar refractivity (Wildman–Crippen MR) is 98.3 cm³/mol. The third-order valence-electron chi connectivity index (χ3n) is 4.86. The molecule has 1 heterocycles. The van der Waals surface area contributed by atoms with E-state index in [1.165, 1.54) is 24.8 Å². The second kappa shape index (κ2) is 9.67. The Kier molecular flexibility index (Phi) is 7.56. The van der Waals surface area contributed by atoms with Crippen LogP contribution in [0.1, 0.15) is 44.6 Å². The lowest BCUT2D eigenvalue weighted by Crippen LogP contribution is -2.40. The number of hydrogen-bond donors (Lipinski definition) is 2. The Balaban J connectivity index is 1.75. The van der Waals surface area contributed by atoms with Crippen LogP contribution in [-0.2, 0) is 18.2 Å². The molecule has 0 aliphatic heterocycles. The largest absolute Gasteiger partial charge is 0.385 e. The van der Waals surface area contributed by atoms with E-state index in [1.54, 1.807) is 7.11 Å². The Morgan fingerprint density at radius 2 is 2.25 bits per heavy atom. The Morgan fingerprint density at radius 3 is 2.83 bits per heavy atom. The van der Waals surface area contributed by atoms with Crippen LogP contribution >= 0.6 is 0 Å². The maximum absolute atomic E-state index is 5.26. The first-order chi connectivity index (χ1) is 11.7. The lowest BCUT2D eigenvalue weighted by atomic mass is 9.67. The summed E-state index contributed by atoms with van der Waals surface area (Å²) >= 11 is 0. The summed E-state index contributed by atoms with van der Waals surface area (Å²) < 4.78 is 7.12. The van der Waals surface area contributed by atoms with Crippen molar-refractivity contribution >= 4 is 5.96 Å². The molecule has 0 radical (unpaired) electrons. The van der Waals surface area contributed by atoms with Gasteiger partial charge in [0.2, 0.25) is 0 Å². The zero-order valence-corrected chi connectivity index (χ0v) is 15.5. The van der Waals surface area contributed by atoms with E-state index in [1.807, 2.05) is 17.9 Å². The second-order valence-electron chi connectivity index (χ2n) is 6.84. The lowest BCUT2D eigenvalue weighted by molar-refractivity contribution is 0.0778. The van der Waals surface area contributed by atoms with E-state index in [4.69, 9.17) is 9.73 Å². The van der Waals surface area contributed by atoms with E-state index in [0.29, 0.717) is 5.41 Å². The molecule has 0 saturated heterocycles. The number of nitrogens with one attached hydrogen (secondary N) is 2. The van der Waals surface area contributed by atoms with E-state index in [0.717, 1.165) is 51.5 Å². The molecule has 24 heavy (non-hydrogen) atoms. The summed E-state index contributed by atoms with van der Waals surface area (Å²) in [5.41, 5.74) is 1.66. The number of nitrogens with zero attached hydrogens (tertiary/aromatic N) is 3. The fraction of sp³-hybridized carbons (Fsp3) is 0.778. The van der Waals surface area contributed by atoms with Crippen molar-refractivity contribution in [3.05, 3.63) is 18.0 Å². The van der Waals surface area contributed by atoms with Gasteiger partial charge in [-0.2, -0.15) is 5.10 Å². The van der Waals surface area contributed by atoms with Crippen LogP contribution in [0.25, 0.3) is 0 Å². The molecule has 1 saturated carbocycles. The highest BCUT2D eigenvalue weighted by molar-refractivity contribution is 5.79.